The van der Waals surface area contributed by atoms with E-state index < -0.39 is 11.9 Å². The van der Waals surface area contributed by atoms with Gasteiger partial charge in [0.05, 0.1) is 0 Å². The zero-order chi connectivity index (χ0) is 12.8. The summed E-state index contributed by atoms with van der Waals surface area (Å²) in [5, 5.41) is 13.3. The summed E-state index contributed by atoms with van der Waals surface area (Å²) >= 11 is 0. The summed E-state index contributed by atoms with van der Waals surface area (Å²) in [6.07, 6.45) is 0.279. The van der Waals surface area contributed by atoms with Crippen molar-refractivity contribution < 1.29 is 14.7 Å². The van der Waals surface area contributed by atoms with Gasteiger partial charge in [0.1, 0.15) is 0 Å². The van der Waals surface area contributed by atoms with E-state index in [2.05, 4.69) is 5.32 Å². The van der Waals surface area contributed by atoms with Crippen molar-refractivity contribution in [3.05, 3.63) is 30.3 Å². The smallest absolute Gasteiger partial charge is 0.227 e. The van der Waals surface area contributed by atoms with E-state index in [1.165, 1.54) is 0 Å². The van der Waals surface area contributed by atoms with E-state index >= 15 is 0 Å². The number of carboxylic acids is 1. The molecule has 0 aliphatic heterocycles. The number of rotatable bonds is 5. The summed E-state index contributed by atoms with van der Waals surface area (Å²) in [7, 11) is 0. The molecule has 0 fully saturated rings. The highest BCUT2D eigenvalue weighted by molar-refractivity contribution is 5.92. The number of amides is 1. The highest BCUT2D eigenvalue weighted by Gasteiger charge is 2.16. The normalized spacial score (nSPS) is 13.8. The predicted octanol–water partition coefficient (Wildman–Crippen LogP) is 1.04. The van der Waals surface area contributed by atoms with Gasteiger partial charge in [0, 0.05) is 17.6 Å². The SMILES string of the molecule is C[C@@H](C[C@H](C)C(=O)Nc1ccccc1)C(=O)[O-]. The van der Waals surface area contributed by atoms with Crippen LogP contribution in [0, 0.1) is 11.8 Å². The Hall–Kier alpha value is -1.84. The van der Waals surface area contributed by atoms with Crippen molar-refractivity contribution >= 4 is 17.6 Å². The number of nitrogens with one attached hydrogen (secondary N) is 1. The number of para-hydroxylation sites is 1. The van der Waals surface area contributed by atoms with Crippen LogP contribution in [0.15, 0.2) is 30.3 Å². The Kier molecular flexibility index (Phi) is 4.69. The first-order chi connectivity index (χ1) is 8.00. The van der Waals surface area contributed by atoms with E-state index in [1.807, 2.05) is 18.2 Å². The molecule has 0 saturated heterocycles. The fourth-order valence-corrected chi connectivity index (χ4v) is 1.52. The van der Waals surface area contributed by atoms with Crippen LogP contribution in [0.25, 0.3) is 0 Å². The molecule has 0 radical (unpaired) electrons. The van der Waals surface area contributed by atoms with E-state index in [4.69, 9.17) is 0 Å². The Labute approximate surface area is 101 Å². The molecule has 4 nitrogen and oxygen atoms in total. The Morgan fingerprint density at radius 3 is 2.29 bits per heavy atom. The maximum atomic E-state index is 11.7. The Balaban J connectivity index is 2.50. The maximum absolute atomic E-state index is 11.7. The molecule has 0 aromatic heterocycles. The monoisotopic (exact) mass is 234 g/mol. The molecule has 0 aliphatic rings. The minimum atomic E-state index is -1.12. The second-order valence-corrected chi connectivity index (χ2v) is 4.21. The first-order valence-electron chi connectivity index (χ1n) is 5.57. The van der Waals surface area contributed by atoms with Gasteiger partial charge in [-0.1, -0.05) is 32.0 Å². The highest BCUT2D eigenvalue weighted by atomic mass is 16.4. The molecule has 1 aromatic rings. The number of carboxylic acid groups (broad SMARTS) is 1. The molecule has 0 heterocycles. The van der Waals surface area contributed by atoms with E-state index in [0.29, 0.717) is 5.69 Å². The number of carbonyl (C=O) groups is 2. The van der Waals surface area contributed by atoms with Crippen LogP contribution in [0.1, 0.15) is 20.3 Å². The van der Waals surface area contributed by atoms with Gasteiger partial charge < -0.3 is 15.2 Å². The molecule has 0 unspecified atom stereocenters. The molecule has 1 N–H and O–H groups in total. The molecule has 4 heteroatoms. The van der Waals surface area contributed by atoms with Crippen LogP contribution in [-0.4, -0.2) is 11.9 Å². The lowest BCUT2D eigenvalue weighted by atomic mass is 9.97. The molecule has 0 bridgehead atoms. The number of hydrogen-bond acceptors (Lipinski definition) is 3. The fourth-order valence-electron chi connectivity index (χ4n) is 1.52. The first-order valence-corrected chi connectivity index (χ1v) is 5.57. The van der Waals surface area contributed by atoms with E-state index in [-0.39, 0.29) is 18.2 Å². The summed E-state index contributed by atoms with van der Waals surface area (Å²) in [6, 6.07) is 9.07. The average Bonchev–Trinajstić information content (AvgIpc) is 2.29. The van der Waals surface area contributed by atoms with Crippen LogP contribution in [0.2, 0.25) is 0 Å². The van der Waals surface area contributed by atoms with E-state index in [0.717, 1.165) is 0 Å². The van der Waals surface area contributed by atoms with Crippen LogP contribution in [0.5, 0.6) is 0 Å². The van der Waals surface area contributed by atoms with Gasteiger partial charge in [-0.3, -0.25) is 4.79 Å². The number of aliphatic carboxylic acids is 1. The maximum Gasteiger partial charge on any atom is 0.227 e. The van der Waals surface area contributed by atoms with Gasteiger partial charge in [-0.25, -0.2) is 0 Å². The number of carbonyl (C=O) groups excluding carboxylic acids is 2. The van der Waals surface area contributed by atoms with Crippen molar-refractivity contribution in [2.45, 2.75) is 20.3 Å². The lowest BCUT2D eigenvalue weighted by Crippen LogP contribution is -2.32. The average molecular weight is 234 g/mol. The van der Waals surface area contributed by atoms with Crippen molar-refractivity contribution in [1.82, 2.24) is 0 Å². The van der Waals surface area contributed by atoms with Crippen LogP contribution >= 0.6 is 0 Å². The van der Waals surface area contributed by atoms with Crippen molar-refractivity contribution in [2.24, 2.45) is 11.8 Å². The third kappa shape index (κ3) is 4.26. The second kappa shape index (κ2) is 6.03. The zero-order valence-electron chi connectivity index (χ0n) is 9.97. The Morgan fingerprint density at radius 1 is 1.18 bits per heavy atom. The molecule has 0 saturated carbocycles. The van der Waals surface area contributed by atoms with Crippen molar-refractivity contribution in [3.8, 4) is 0 Å². The topological polar surface area (TPSA) is 69.2 Å². The van der Waals surface area contributed by atoms with Gasteiger partial charge in [-0.2, -0.15) is 0 Å². The van der Waals surface area contributed by atoms with Gasteiger partial charge >= 0.3 is 0 Å². The molecule has 0 spiro atoms. The Bertz CT molecular complexity index is 389. The molecule has 92 valence electrons. The summed E-state index contributed by atoms with van der Waals surface area (Å²) in [5.41, 5.74) is 0.713. The van der Waals surface area contributed by atoms with E-state index in [9.17, 15) is 14.7 Å². The lowest BCUT2D eigenvalue weighted by molar-refractivity contribution is -0.311. The van der Waals surface area contributed by atoms with Crippen LogP contribution in [0.3, 0.4) is 0 Å². The standard InChI is InChI=1S/C13H17NO3/c1-9(8-10(2)13(16)17)12(15)14-11-6-4-3-5-7-11/h3-7,9-10H,8H2,1-2H3,(H,14,15)(H,16,17)/p-1/t9-,10-/m0/s1. The molecule has 1 rings (SSSR count). The lowest BCUT2D eigenvalue weighted by Gasteiger charge is -2.17. The van der Waals surface area contributed by atoms with Crippen LogP contribution in [0.4, 0.5) is 5.69 Å². The van der Waals surface area contributed by atoms with Crippen LogP contribution < -0.4 is 10.4 Å². The second-order valence-electron chi connectivity index (χ2n) is 4.21. The molecular weight excluding hydrogens is 218 g/mol. The number of benzene rings is 1. The van der Waals surface area contributed by atoms with Gasteiger partial charge in [0.2, 0.25) is 5.91 Å². The Morgan fingerprint density at radius 2 is 1.76 bits per heavy atom. The molecular formula is C13H16NO3-. The highest BCUT2D eigenvalue weighted by Crippen LogP contribution is 2.14. The minimum absolute atomic E-state index is 0.177. The third-order valence-corrected chi connectivity index (χ3v) is 2.60. The van der Waals surface area contributed by atoms with Gasteiger partial charge in [0.15, 0.2) is 0 Å². The minimum Gasteiger partial charge on any atom is -0.550 e. The summed E-state index contributed by atoms with van der Waals surface area (Å²) < 4.78 is 0. The summed E-state index contributed by atoms with van der Waals surface area (Å²) in [6.45, 7) is 3.25. The fraction of sp³-hybridized carbons (Fsp3) is 0.385. The summed E-state index contributed by atoms with van der Waals surface area (Å²) in [4.78, 5) is 22.3. The molecule has 1 aromatic carbocycles. The zero-order valence-corrected chi connectivity index (χ0v) is 9.97. The largest absolute Gasteiger partial charge is 0.550 e. The van der Waals surface area contributed by atoms with Crippen molar-refractivity contribution in [3.63, 3.8) is 0 Å². The van der Waals surface area contributed by atoms with Crippen molar-refractivity contribution in [1.29, 1.82) is 0 Å². The van der Waals surface area contributed by atoms with Crippen molar-refractivity contribution in [2.75, 3.05) is 5.32 Å². The van der Waals surface area contributed by atoms with E-state index in [1.54, 1.807) is 26.0 Å². The summed E-state index contributed by atoms with van der Waals surface area (Å²) in [5.74, 6) is -2.27. The van der Waals surface area contributed by atoms with Crippen LogP contribution in [-0.2, 0) is 9.59 Å². The van der Waals surface area contributed by atoms with Gasteiger partial charge in [-0.05, 0) is 24.5 Å². The molecule has 1 amide bonds. The first kappa shape index (κ1) is 13.2. The number of anilines is 1. The predicted molar refractivity (Wildman–Crippen MR) is 63.0 cm³/mol. The number of hydrogen-bond donors (Lipinski definition) is 1. The van der Waals surface area contributed by atoms with Gasteiger partial charge in [0.25, 0.3) is 0 Å². The molecule has 2 atom stereocenters. The molecule has 17 heavy (non-hydrogen) atoms. The van der Waals surface area contributed by atoms with Gasteiger partial charge in [-0.15, -0.1) is 0 Å². The third-order valence-electron chi connectivity index (χ3n) is 2.60. The molecule has 0 aliphatic carbocycles. The quantitative estimate of drug-likeness (QED) is 0.827.